The average Bonchev–Trinajstić information content (AvgIpc) is 3.18. The molecule has 6 heteroatoms. The van der Waals surface area contributed by atoms with E-state index in [1.807, 2.05) is 49.3 Å². The van der Waals surface area contributed by atoms with E-state index < -0.39 is 0 Å². The molecule has 0 aliphatic heterocycles. The number of benzene rings is 2. The quantitative estimate of drug-likeness (QED) is 0.362. The number of aliphatic imine (C=N–C) groups is 1. The van der Waals surface area contributed by atoms with E-state index in [1.54, 1.807) is 12.7 Å². The average molecular weight is 384 g/mol. The number of H-pyrrole nitrogens is 1. The number of fused-ring (bicyclic) bond motifs is 1. The van der Waals surface area contributed by atoms with Crippen molar-refractivity contribution in [3.05, 3.63) is 72.6 Å². The number of rotatable bonds is 6. The minimum absolute atomic E-state index is 0.140. The summed E-state index contributed by atoms with van der Waals surface area (Å²) in [7, 11) is 3.90. The SMILES string of the molecule is C[C@@H](Nc1ncnc2[nH]c(-c3ccc(/N=C/N(C)C)cc3)cc12)c1ccccc1. The van der Waals surface area contributed by atoms with Crippen molar-refractivity contribution in [3.8, 4) is 11.3 Å². The minimum atomic E-state index is 0.140. The Morgan fingerprint density at radius 1 is 1.03 bits per heavy atom. The van der Waals surface area contributed by atoms with Gasteiger partial charge >= 0.3 is 0 Å². The lowest BCUT2D eigenvalue weighted by Gasteiger charge is -2.15. The minimum Gasteiger partial charge on any atom is -0.369 e. The van der Waals surface area contributed by atoms with E-state index in [0.29, 0.717) is 0 Å². The lowest BCUT2D eigenvalue weighted by Crippen LogP contribution is -2.08. The van der Waals surface area contributed by atoms with Crippen LogP contribution in [0.1, 0.15) is 18.5 Å². The van der Waals surface area contributed by atoms with Gasteiger partial charge in [0.1, 0.15) is 17.8 Å². The van der Waals surface area contributed by atoms with E-state index in [9.17, 15) is 0 Å². The smallest absolute Gasteiger partial charge is 0.143 e. The van der Waals surface area contributed by atoms with Crippen LogP contribution in [0.2, 0.25) is 0 Å². The number of hydrogen-bond acceptors (Lipinski definition) is 4. The summed E-state index contributed by atoms with van der Waals surface area (Å²) >= 11 is 0. The van der Waals surface area contributed by atoms with Crippen LogP contribution >= 0.6 is 0 Å². The van der Waals surface area contributed by atoms with Crippen LogP contribution in [-0.4, -0.2) is 40.3 Å². The first-order chi connectivity index (χ1) is 14.1. The third-order valence-corrected chi connectivity index (χ3v) is 4.69. The molecule has 0 aliphatic carbocycles. The molecular formula is C23H24N6. The van der Waals surface area contributed by atoms with Crippen LogP contribution in [0.5, 0.6) is 0 Å². The predicted molar refractivity (Wildman–Crippen MR) is 120 cm³/mol. The summed E-state index contributed by atoms with van der Waals surface area (Å²) in [5.41, 5.74) is 5.02. The topological polar surface area (TPSA) is 69.2 Å². The Balaban J connectivity index is 1.61. The van der Waals surface area contributed by atoms with E-state index in [-0.39, 0.29) is 6.04 Å². The van der Waals surface area contributed by atoms with E-state index in [4.69, 9.17) is 0 Å². The molecule has 2 N–H and O–H groups in total. The van der Waals surface area contributed by atoms with Crippen LogP contribution < -0.4 is 5.32 Å². The summed E-state index contributed by atoms with van der Waals surface area (Å²) < 4.78 is 0. The molecule has 29 heavy (non-hydrogen) atoms. The molecule has 146 valence electrons. The van der Waals surface area contributed by atoms with Crippen LogP contribution in [-0.2, 0) is 0 Å². The van der Waals surface area contributed by atoms with Gasteiger partial charge in [0.25, 0.3) is 0 Å². The van der Waals surface area contributed by atoms with Crippen molar-refractivity contribution in [2.24, 2.45) is 4.99 Å². The van der Waals surface area contributed by atoms with Gasteiger partial charge in [-0.15, -0.1) is 0 Å². The molecule has 0 aliphatic rings. The maximum Gasteiger partial charge on any atom is 0.143 e. The second-order valence-electron chi connectivity index (χ2n) is 7.20. The van der Waals surface area contributed by atoms with E-state index >= 15 is 0 Å². The number of aromatic nitrogens is 3. The Morgan fingerprint density at radius 3 is 2.52 bits per heavy atom. The fourth-order valence-corrected chi connectivity index (χ4v) is 3.15. The maximum absolute atomic E-state index is 4.47. The number of anilines is 1. The fraction of sp³-hybridized carbons (Fsp3) is 0.174. The van der Waals surface area contributed by atoms with E-state index in [1.165, 1.54) is 5.56 Å². The molecule has 0 bridgehead atoms. The van der Waals surface area contributed by atoms with Crippen LogP contribution in [0.3, 0.4) is 0 Å². The second kappa shape index (κ2) is 8.14. The highest BCUT2D eigenvalue weighted by Gasteiger charge is 2.12. The molecule has 0 saturated heterocycles. The summed E-state index contributed by atoms with van der Waals surface area (Å²) in [5.74, 6) is 0.820. The summed E-state index contributed by atoms with van der Waals surface area (Å²) in [6, 6.07) is 20.7. The molecule has 0 radical (unpaired) electrons. The van der Waals surface area contributed by atoms with Gasteiger partial charge in [0.05, 0.1) is 17.4 Å². The largest absolute Gasteiger partial charge is 0.369 e. The standard InChI is InChI=1S/C23H24N6/c1-16(17-7-5-4-6-8-17)27-22-20-13-21(28-23(20)25-14-24-22)18-9-11-19(12-10-18)26-15-29(2)3/h4-16H,1-3H3,(H2,24,25,27,28)/b26-15+/t16-/m1/s1. The molecule has 0 fully saturated rings. The van der Waals surface area contributed by atoms with Crippen molar-refractivity contribution >= 4 is 28.9 Å². The summed E-state index contributed by atoms with van der Waals surface area (Å²) in [4.78, 5) is 18.6. The number of nitrogens with one attached hydrogen (secondary N) is 2. The first kappa shape index (κ1) is 18.7. The Morgan fingerprint density at radius 2 is 1.79 bits per heavy atom. The van der Waals surface area contributed by atoms with E-state index in [0.717, 1.165) is 33.8 Å². The molecule has 2 aromatic heterocycles. The summed E-state index contributed by atoms with van der Waals surface area (Å²) in [5, 5.41) is 4.48. The van der Waals surface area contributed by atoms with Gasteiger partial charge < -0.3 is 15.2 Å². The summed E-state index contributed by atoms with van der Waals surface area (Å²) in [6.07, 6.45) is 3.38. The molecule has 2 heterocycles. The van der Waals surface area contributed by atoms with Gasteiger partial charge in [-0.1, -0.05) is 42.5 Å². The van der Waals surface area contributed by atoms with Crippen molar-refractivity contribution in [3.63, 3.8) is 0 Å². The number of hydrogen-bond donors (Lipinski definition) is 2. The third kappa shape index (κ3) is 4.27. The van der Waals surface area contributed by atoms with Crippen LogP contribution in [0.4, 0.5) is 11.5 Å². The first-order valence-electron chi connectivity index (χ1n) is 9.56. The molecule has 6 nitrogen and oxygen atoms in total. The predicted octanol–water partition coefficient (Wildman–Crippen LogP) is 5.02. The Labute approximate surface area is 170 Å². The zero-order valence-electron chi connectivity index (χ0n) is 16.8. The van der Waals surface area contributed by atoms with Gasteiger partial charge in [-0.3, -0.25) is 0 Å². The molecule has 2 aromatic carbocycles. The van der Waals surface area contributed by atoms with Crippen LogP contribution in [0, 0.1) is 0 Å². The molecular weight excluding hydrogens is 360 g/mol. The van der Waals surface area contributed by atoms with Gasteiger partial charge in [0.15, 0.2) is 0 Å². The monoisotopic (exact) mass is 384 g/mol. The molecule has 1 atom stereocenters. The lowest BCUT2D eigenvalue weighted by molar-refractivity contribution is 0.643. The van der Waals surface area contributed by atoms with Crippen molar-refractivity contribution in [2.45, 2.75) is 13.0 Å². The summed E-state index contributed by atoms with van der Waals surface area (Å²) in [6.45, 7) is 2.13. The van der Waals surface area contributed by atoms with Gasteiger partial charge in [0.2, 0.25) is 0 Å². The van der Waals surface area contributed by atoms with Crippen molar-refractivity contribution in [1.29, 1.82) is 0 Å². The molecule has 0 saturated carbocycles. The van der Waals surface area contributed by atoms with Crippen LogP contribution in [0.25, 0.3) is 22.3 Å². The lowest BCUT2D eigenvalue weighted by atomic mass is 10.1. The van der Waals surface area contributed by atoms with Crippen molar-refractivity contribution in [1.82, 2.24) is 19.9 Å². The van der Waals surface area contributed by atoms with Crippen molar-refractivity contribution < 1.29 is 0 Å². The number of aromatic amines is 1. The third-order valence-electron chi connectivity index (χ3n) is 4.69. The first-order valence-corrected chi connectivity index (χ1v) is 9.56. The molecule has 4 aromatic rings. The molecule has 0 spiro atoms. The second-order valence-corrected chi connectivity index (χ2v) is 7.20. The zero-order chi connectivity index (χ0) is 20.2. The normalized spacial score (nSPS) is 12.4. The van der Waals surface area contributed by atoms with Gasteiger partial charge in [-0.05, 0) is 36.2 Å². The zero-order valence-corrected chi connectivity index (χ0v) is 16.8. The Bertz CT molecular complexity index is 1110. The van der Waals surface area contributed by atoms with Crippen molar-refractivity contribution in [2.75, 3.05) is 19.4 Å². The highest BCUT2D eigenvalue weighted by Crippen LogP contribution is 2.29. The van der Waals surface area contributed by atoms with E-state index in [2.05, 4.69) is 62.5 Å². The van der Waals surface area contributed by atoms with Crippen LogP contribution in [0.15, 0.2) is 72.0 Å². The highest BCUT2D eigenvalue weighted by molar-refractivity contribution is 5.91. The number of nitrogens with zero attached hydrogens (tertiary/aromatic N) is 4. The fourth-order valence-electron chi connectivity index (χ4n) is 3.15. The Hall–Kier alpha value is -3.67. The van der Waals surface area contributed by atoms with Gasteiger partial charge in [-0.2, -0.15) is 0 Å². The molecule has 0 amide bonds. The van der Waals surface area contributed by atoms with Gasteiger partial charge in [0, 0.05) is 25.8 Å². The maximum atomic E-state index is 4.47. The molecule has 0 unspecified atom stereocenters. The highest BCUT2D eigenvalue weighted by atomic mass is 15.1. The Kier molecular flexibility index (Phi) is 5.24. The van der Waals surface area contributed by atoms with Gasteiger partial charge in [-0.25, -0.2) is 15.0 Å². The molecule has 4 rings (SSSR count).